The van der Waals surface area contributed by atoms with E-state index >= 15 is 4.39 Å². The minimum Gasteiger partial charge on any atom is -0.355 e. The highest BCUT2D eigenvalue weighted by Gasteiger charge is 2.27. The summed E-state index contributed by atoms with van der Waals surface area (Å²) in [4.78, 5) is 16.5. The highest BCUT2D eigenvalue weighted by Crippen LogP contribution is 2.42. The molecule has 1 aliphatic heterocycles. The van der Waals surface area contributed by atoms with Gasteiger partial charge < -0.3 is 4.90 Å². The summed E-state index contributed by atoms with van der Waals surface area (Å²) in [5.74, 6) is 0.863. The molecule has 4 nitrogen and oxygen atoms in total. The first-order valence-corrected chi connectivity index (χ1v) is 14.4. The van der Waals surface area contributed by atoms with Gasteiger partial charge in [0.25, 0.3) is 0 Å². The van der Waals surface area contributed by atoms with Crippen LogP contribution in [0.25, 0.3) is 27.7 Å². The van der Waals surface area contributed by atoms with E-state index < -0.39 is 5.82 Å². The van der Waals surface area contributed by atoms with E-state index in [2.05, 4.69) is 27.2 Å². The fourth-order valence-corrected chi connectivity index (χ4v) is 6.39. The molecule has 0 radical (unpaired) electrons. The van der Waals surface area contributed by atoms with Gasteiger partial charge in [0.2, 0.25) is 0 Å². The molecular weight excluding hydrogens is 474 g/mol. The van der Waals surface area contributed by atoms with E-state index in [9.17, 15) is 4.39 Å². The molecule has 0 amide bonds. The van der Waals surface area contributed by atoms with E-state index in [0.29, 0.717) is 58.8 Å². The third-order valence-corrected chi connectivity index (χ3v) is 8.56. The van der Waals surface area contributed by atoms with Crippen molar-refractivity contribution in [1.29, 1.82) is 0 Å². The van der Waals surface area contributed by atoms with Crippen LogP contribution in [0.3, 0.4) is 0 Å². The number of benzene rings is 1. The zero-order valence-electron chi connectivity index (χ0n) is 21.6. The number of aromatic nitrogens is 3. The predicted molar refractivity (Wildman–Crippen MR) is 147 cm³/mol. The maximum absolute atomic E-state index is 16.4. The molecule has 1 atom stereocenters. The van der Waals surface area contributed by atoms with Crippen molar-refractivity contribution in [2.45, 2.75) is 71.0 Å². The molecule has 0 spiro atoms. The van der Waals surface area contributed by atoms with Crippen molar-refractivity contribution in [1.82, 2.24) is 15.0 Å². The molecule has 0 N–H and O–H groups in total. The molecule has 2 aliphatic rings. The second kappa shape index (κ2) is 10.4. The first-order chi connectivity index (χ1) is 17.4. The molecule has 7 heteroatoms. The summed E-state index contributed by atoms with van der Waals surface area (Å²) in [5.41, 5.74) is 4.76. The average molecular weight is 509 g/mol. The van der Waals surface area contributed by atoms with Gasteiger partial charge in [-0.15, -0.1) is 0 Å². The van der Waals surface area contributed by atoms with Crippen LogP contribution in [0, 0.1) is 12.7 Å². The van der Waals surface area contributed by atoms with Crippen molar-refractivity contribution in [3.8, 4) is 11.3 Å². The number of nitrogens with zero attached hydrogens (tertiary/aromatic N) is 4. The summed E-state index contributed by atoms with van der Waals surface area (Å²) in [6, 6.07) is 4.03. The van der Waals surface area contributed by atoms with Gasteiger partial charge in [0.1, 0.15) is 28.7 Å². The Kier molecular flexibility index (Phi) is 7.29. The van der Waals surface area contributed by atoms with Gasteiger partial charge >= 0.3 is 0 Å². The zero-order valence-corrected chi connectivity index (χ0v) is 22.4. The van der Waals surface area contributed by atoms with Gasteiger partial charge in [-0.1, -0.05) is 31.9 Å². The fourth-order valence-electron chi connectivity index (χ4n) is 5.66. The van der Waals surface area contributed by atoms with Crippen molar-refractivity contribution in [3.63, 3.8) is 0 Å². The van der Waals surface area contributed by atoms with Crippen molar-refractivity contribution >= 4 is 34.1 Å². The molecule has 0 bridgehead atoms. The van der Waals surface area contributed by atoms with Crippen LogP contribution in [-0.2, 0) is 12.8 Å². The third-order valence-electron chi connectivity index (χ3n) is 7.50. The van der Waals surface area contributed by atoms with Crippen molar-refractivity contribution in [2.24, 2.45) is 0 Å². The third kappa shape index (κ3) is 4.51. The quantitative estimate of drug-likeness (QED) is 0.358. The summed E-state index contributed by atoms with van der Waals surface area (Å²) < 4.78 is 31.3. The number of hydrogen-bond acceptors (Lipinski definition) is 5. The lowest BCUT2D eigenvalue weighted by Crippen LogP contribution is -2.30. The number of anilines is 1. The number of aryl methyl sites for hydroxylation is 3. The Hall–Kier alpha value is -2.54. The highest BCUT2D eigenvalue weighted by atomic mass is 32.2. The van der Waals surface area contributed by atoms with Crippen LogP contribution >= 0.6 is 11.8 Å². The summed E-state index contributed by atoms with van der Waals surface area (Å²) in [7, 11) is 0. The molecule has 1 aromatic carbocycles. The van der Waals surface area contributed by atoms with Crippen LogP contribution < -0.4 is 4.90 Å². The second-order valence-corrected chi connectivity index (χ2v) is 11.0. The minimum atomic E-state index is -0.448. The second-order valence-electron chi connectivity index (χ2n) is 9.88. The summed E-state index contributed by atoms with van der Waals surface area (Å²) >= 11 is 1.88. The molecule has 2 aromatic heterocycles. The number of pyridine rings is 1. The summed E-state index contributed by atoms with van der Waals surface area (Å²) in [6.07, 6.45) is 9.53. The number of rotatable bonds is 5. The fraction of sp³-hybridized carbons (Fsp3) is 0.483. The summed E-state index contributed by atoms with van der Waals surface area (Å²) in [6.45, 7) is 7.73. The topological polar surface area (TPSA) is 41.9 Å². The van der Waals surface area contributed by atoms with Gasteiger partial charge in [-0.25, -0.2) is 18.7 Å². The Morgan fingerprint density at radius 3 is 2.67 bits per heavy atom. The maximum Gasteiger partial charge on any atom is 0.175 e. The molecule has 1 fully saturated rings. The minimum absolute atomic E-state index is 0.0984. The highest BCUT2D eigenvalue weighted by molar-refractivity contribution is 7.99. The lowest BCUT2D eigenvalue weighted by Gasteiger charge is -2.26. The van der Waals surface area contributed by atoms with Crippen LogP contribution in [-0.4, -0.2) is 39.5 Å². The molecule has 1 unspecified atom stereocenters. The smallest absolute Gasteiger partial charge is 0.175 e. The molecular formula is C29H34F2N4S. The number of hydrogen-bond donors (Lipinski definition) is 0. The SMILES string of the molecule is CCC1=C(F)CCc2cc(C)cc(-c3ncc4c(N5CCCCC(SC)C5)nc(CC)nc4c3F)c21. The van der Waals surface area contributed by atoms with E-state index in [1.807, 2.05) is 38.6 Å². The van der Waals surface area contributed by atoms with Crippen molar-refractivity contribution in [2.75, 3.05) is 24.2 Å². The number of fused-ring (bicyclic) bond motifs is 2. The van der Waals surface area contributed by atoms with Gasteiger partial charge in [-0.3, -0.25) is 4.98 Å². The van der Waals surface area contributed by atoms with Gasteiger partial charge in [0, 0.05) is 42.9 Å². The molecule has 3 heterocycles. The van der Waals surface area contributed by atoms with E-state index in [0.717, 1.165) is 42.0 Å². The van der Waals surface area contributed by atoms with Gasteiger partial charge in [-0.2, -0.15) is 11.8 Å². The van der Waals surface area contributed by atoms with Crippen molar-refractivity contribution in [3.05, 3.63) is 52.5 Å². The van der Waals surface area contributed by atoms with Crippen LogP contribution in [0.15, 0.2) is 24.2 Å². The van der Waals surface area contributed by atoms with E-state index in [1.54, 1.807) is 6.20 Å². The first-order valence-electron chi connectivity index (χ1n) is 13.1. The van der Waals surface area contributed by atoms with Crippen LogP contribution in [0.4, 0.5) is 14.6 Å². The molecule has 190 valence electrons. The zero-order chi connectivity index (χ0) is 25.4. The largest absolute Gasteiger partial charge is 0.355 e. The Morgan fingerprint density at radius 1 is 1.08 bits per heavy atom. The first kappa shape index (κ1) is 25.1. The maximum atomic E-state index is 16.4. The molecule has 1 saturated heterocycles. The van der Waals surface area contributed by atoms with E-state index in [-0.39, 0.29) is 11.5 Å². The number of halogens is 2. The van der Waals surface area contributed by atoms with Gasteiger partial charge in [-0.05, 0) is 61.6 Å². The molecule has 1 aliphatic carbocycles. The Labute approximate surface area is 216 Å². The average Bonchev–Trinajstić information content (AvgIpc) is 3.14. The Bertz CT molecular complexity index is 1340. The normalized spacial score (nSPS) is 18.5. The molecule has 5 rings (SSSR count). The van der Waals surface area contributed by atoms with Gasteiger partial charge in [0.15, 0.2) is 5.82 Å². The molecule has 0 saturated carbocycles. The van der Waals surface area contributed by atoms with Crippen LogP contribution in [0.5, 0.6) is 0 Å². The molecule has 36 heavy (non-hydrogen) atoms. The van der Waals surface area contributed by atoms with Crippen LogP contribution in [0.1, 0.15) is 68.5 Å². The predicted octanol–water partition coefficient (Wildman–Crippen LogP) is 7.46. The lowest BCUT2D eigenvalue weighted by molar-refractivity contribution is 0.582. The molecule has 3 aromatic rings. The Balaban J connectivity index is 1.71. The Morgan fingerprint density at radius 2 is 1.92 bits per heavy atom. The number of allylic oxidation sites excluding steroid dienone is 2. The van der Waals surface area contributed by atoms with Gasteiger partial charge in [0.05, 0.1) is 5.39 Å². The van der Waals surface area contributed by atoms with E-state index in [1.165, 1.54) is 12.8 Å². The van der Waals surface area contributed by atoms with E-state index in [4.69, 9.17) is 4.98 Å². The number of thioether (sulfide) groups is 1. The lowest BCUT2D eigenvalue weighted by atomic mass is 9.83. The standard InChI is InChI=1S/C29H34F2N4S/c1-5-20-23(30)11-10-18-13-17(3)14-21(25(18)20)27-26(31)28-22(15-32-27)29(34-24(6-2)33-28)35-12-8-7-9-19(16-35)36-4/h13-15,19H,5-12,16H2,1-4H3. The summed E-state index contributed by atoms with van der Waals surface area (Å²) in [5, 5.41) is 1.17. The van der Waals surface area contributed by atoms with Crippen molar-refractivity contribution < 1.29 is 8.78 Å². The van der Waals surface area contributed by atoms with Crippen LogP contribution in [0.2, 0.25) is 0 Å². The monoisotopic (exact) mass is 508 g/mol.